The molecule has 176 valence electrons. The molecule has 11 heteroatoms. The first-order chi connectivity index (χ1) is 16.2. The lowest BCUT2D eigenvalue weighted by Crippen LogP contribution is -2.32. The van der Waals surface area contributed by atoms with Gasteiger partial charge in [0.2, 0.25) is 0 Å². The van der Waals surface area contributed by atoms with Crippen LogP contribution in [0.4, 0.5) is 0 Å². The zero-order chi connectivity index (χ0) is 24.3. The Morgan fingerprint density at radius 3 is 2.50 bits per heavy atom. The van der Waals surface area contributed by atoms with Gasteiger partial charge in [0, 0.05) is 28.8 Å². The van der Waals surface area contributed by atoms with Crippen molar-refractivity contribution >= 4 is 62.2 Å². The summed E-state index contributed by atoms with van der Waals surface area (Å²) in [6.07, 6.45) is 3.55. The number of para-hydroxylation sites is 1. The smallest absolute Gasteiger partial charge is 0.266 e. The van der Waals surface area contributed by atoms with Crippen LogP contribution in [-0.4, -0.2) is 55.9 Å². The van der Waals surface area contributed by atoms with Crippen LogP contribution in [0, 0.1) is 0 Å². The number of amides is 1. The zero-order valence-corrected chi connectivity index (χ0v) is 21.3. The summed E-state index contributed by atoms with van der Waals surface area (Å²) in [5.41, 5.74) is 3.19. The summed E-state index contributed by atoms with van der Waals surface area (Å²) in [4.78, 5) is 15.6. The summed E-state index contributed by atoms with van der Waals surface area (Å²) in [5.74, 6) is -0.138. The number of hydrogen-bond acceptors (Lipinski definition) is 8. The summed E-state index contributed by atoms with van der Waals surface area (Å²) < 4.78 is 35.0. The fourth-order valence-corrected chi connectivity index (χ4v) is 5.71. The molecule has 1 saturated heterocycles. The Morgan fingerprint density at radius 2 is 1.85 bits per heavy atom. The molecule has 1 aliphatic rings. The molecule has 0 atom stereocenters. The van der Waals surface area contributed by atoms with Gasteiger partial charge in [-0.2, -0.15) is 5.10 Å². The van der Waals surface area contributed by atoms with Crippen molar-refractivity contribution in [2.75, 3.05) is 18.1 Å². The molecule has 1 fully saturated rings. The molecular formula is C23H20N3O4S4-. The number of aromatic nitrogens is 2. The monoisotopic (exact) mass is 530 g/mol. The number of thiocarbonyl (C=S) groups is 1. The molecule has 0 spiro atoms. The highest BCUT2D eigenvalue weighted by Crippen LogP contribution is 2.35. The number of carbonyl (C=O) groups excluding carboxylic acids is 1. The first-order valence-electron chi connectivity index (χ1n) is 10.3. The molecular weight excluding hydrogens is 511 g/mol. The van der Waals surface area contributed by atoms with Crippen molar-refractivity contribution in [3.05, 3.63) is 71.3 Å². The molecule has 2 aromatic carbocycles. The highest BCUT2D eigenvalue weighted by Gasteiger charge is 2.32. The number of benzene rings is 2. The van der Waals surface area contributed by atoms with Crippen LogP contribution in [0.3, 0.4) is 0 Å². The Bertz CT molecular complexity index is 1350. The second kappa shape index (κ2) is 10.4. The fourth-order valence-electron chi connectivity index (χ4n) is 3.34. The summed E-state index contributed by atoms with van der Waals surface area (Å²) >= 11 is 8.08. The number of hydrogen-bond donors (Lipinski definition) is 0. The SMILES string of the molecule is CCSc1ccc(-c2nn(-c3ccccc3)cc2/C=C2/SC(=S)N(CCS(=O)(=O)[O-])C2=O)cc1. The number of nitrogens with zero attached hydrogens (tertiary/aromatic N) is 3. The minimum atomic E-state index is -4.46. The molecule has 1 amide bonds. The standard InChI is InChI=1S/C23H21N3O4S4/c1-2-32-19-10-8-16(9-11-19)21-17(15-26(24-21)18-6-4-3-5-7-18)14-20-22(27)25(23(31)33-20)12-13-34(28,29)30/h3-11,14-15H,2,12-13H2,1H3,(H,28,29,30)/p-1/b20-14+. The Hall–Kier alpha value is -2.44. The van der Waals surface area contributed by atoms with E-state index in [-0.39, 0.29) is 10.9 Å². The van der Waals surface area contributed by atoms with E-state index in [1.165, 1.54) is 0 Å². The lowest BCUT2D eigenvalue weighted by molar-refractivity contribution is -0.121. The number of thioether (sulfide) groups is 2. The van der Waals surface area contributed by atoms with Gasteiger partial charge in [-0.25, -0.2) is 13.1 Å². The van der Waals surface area contributed by atoms with Crippen molar-refractivity contribution in [2.45, 2.75) is 11.8 Å². The summed E-state index contributed by atoms with van der Waals surface area (Å²) in [6, 6.07) is 17.7. The first-order valence-corrected chi connectivity index (χ1v) is 14.1. The minimum Gasteiger partial charge on any atom is -0.748 e. The van der Waals surface area contributed by atoms with E-state index in [1.807, 2.05) is 60.8 Å². The molecule has 7 nitrogen and oxygen atoms in total. The average molecular weight is 531 g/mol. The molecule has 34 heavy (non-hydrogen) atoms. The van der Waals surface area contributed by atoms with Crippen LogP contribution in [0.25, 0.3) is 23.0 Å². The van der Waals surface area contributed by atoms with Crippen molar-refractivity contribution < 1.29 is 17.8 Å². The van der Waals surface area contributed by atoms with E-state index in [9.17, 15) is 17.8 Å². The third-order valence-electron chi connectivity index (χ3n) is 4.93. The van der Waals surface area contributed by atoms with E-state index < -0.39 is 21.8 Å². The maximum atomic E-state index is 12.9. The molecule has 0 bridgehead atoms. The quantitative estimate of drug-likeness (QED) is 0.183. The highest BCUT2D eigenvalue weighted by atomic mass is 32.2. The predicted octanol–water partition coefficient (Wildman–Crippen LogP) is 4.40. The van der Waals surface area contributed by atoms with Crippen LogP contribution in [-0.2, 0) is 14.9 Å². The third kappa shape index (κ3) is 5.78. The molecule has 1 aliphatic heterocycles. The second-order valence-corrected chi connectivity index (χ2v) is 11.8. The van der Waals surface area contributed by atoms with Crippen molar-refractivity contribution in [1.29, 1.82) is 0 Å². The fraction of sp³-hybridized carbons (Fsp3) is 0.174. The summed E-state index contributed by atoms with van der Waals surface area (Å²) in [5, 5.41) is 4.78. The molecule has 1 aromatic heterocycles. The molecule has 2 heterocycles. The van der Waals surface area contributed by atoms with Crippen LogP contribution in [0.2, 0.25) is 0 Å². The van der Waals surface area contributed by atoms with Gasteiger partial charge in [-0.05, 0) is 36.1 Å². The molecule has 4 rings (SSSR count). The van der Waals surface area contributed by atoms with Crippen molar-refractivity contribution in [2.24, 2.45) is 0 Å². The average Bonchev–Trinajstić information content (AvgIpc) is 3.34. The van der Waals surface area contributed by atoms with Crippen LogP contribution in [0.1, 0.15) is 12.5 Å². The third-order valence-corrected chi connectivity index (χ3v) is 7.88. The first kappa shape index (κ1) is 24.7. The Kier molecular flexibility index (Phi) is 7.58. The van der Waals surface area contributed by atoms with Gasteiger partial charge in [0.25, 0.3) is 5.91 Å². The lowest BCUT2D eigenvalue weighted by Gasteiger charge is -2.15. The number of rotatable bonds is 8. The molecule has 0 saturated carbocycles. The van der Waals surface area contributed by atoms with Crippen molar-refractivity contribution in [1.82, 2.24) is 14.7 Å². The summed E-state index contributed by atoms with van der Waals surface area (Å²) in [7, 11) is -4.46. The van der Waals surface area contributed by atoms with Gasteiger partial charge < -0.3 is 4.55 Å². The van der Waals surface area contributed by atoms with Crippen LogP contribution < -0.4 is 0 Å². The van der Waals surface area contributed by atoms with Gasteiger partial charge >= 0.3 is 0 Å². The highest BCUT2D eigenvalue weighted by molar-refractivity contribution is 8.26. The van der Waals surface area contributed by atoms with Crippen LogP contribution >= 0.6 is 35.7 Å². The normalized spacial score (nSPS) is 15.5. The Labute approximate surface area is 212 Å². The lowest BCUT2D eigenvalue weighted by atomic mass is 10.1. The molecule has 3 aromatic rings. The van der Waals surface area contributed by atoms with E-state index >= 15 is 0 Å². The minimum absolute atomic E-state index is 0.220. The predicted molar refractivity (Wildman–Crippen MR) is 140 cm³/mol. The van der Waals surface area contributed by atoms with E-state index in [0.717, 1.165) is 44.1 Å². The van der Waals surface area contributed by atoms with Crippen molar-refractivity contribution in [3.8, 4) is 16.9 Å². The van der Waals surface area contributed by atoms with E-state index in [4.69, 9.17) is 17.3 Å². The number of carbonyl (C=O) groups is 1. The summed E-state index contributed by atoms with van der Waals surface area (Å²) in [6.45, 7) is 1.83. The molecule has 0 N–H and O–H groups in total. The van der Waals surface area contributed by atoms with E-state index in [1.54, 1.807) is 22.5 Å². The van der Waals surface area contributed by atoms with E-state index in [0.29, 0.717) is 10.6 Å². The largest absolute Gasteiger partial charge is 0.748 e. The maximum Gasteiger partial charge on any atom is 0.266 e. The van der Waals surface area contributed by atoms with Gasteiger partial charge in [0.05, 0.1) is 32.2 Å². The van der Waals surface area contributed by atoms with Gasteiger partial charge in [-0.15, -0.1) is 11.8 Å². The molecule has 0 radical (unpaired) electrons. The van der Waals surface area contributed by atoms with Crippen LogP contribution in [0.5, 0.6) is 0 Å². The maximum absolute atomic E-state index is 12.9. The van der Waals surface area contributed by atoms with Gasteiger partial charge in [0.1, 0.15) is 4.32 Å². The zero-order valence-electron chi connectivity index (χ0n) is 18.1. The van der Waals surface area contributed by atoms with Crippen LogP contribution in [0.15, 0.2) is 70.6 Å². The topological polar surface area (TPSA) is 95.3 Å². The van der Waals surface area contributed by atoms with Gasteiger partial charge in [0.15, 0.2) is 0 Å². The van der Waals surface area contributed by atoms with Gasteiger partial charge in [-0.3, -0.25) is 9.69 Å². The Morgan fingerprint density at radius 1 is 1.15 bits per heavy atom. The molecule has 0 unspecified atom stereocenters. The second-order valence-electron chi connectivity index (χ2n) is 7.27. The van der Waals surface area contributed by atoms with Crippen molar-refractivity contribution in [3.63, 3.8) is 0 Å². The Balaban J connectivity index is 1.71. The molecule has 0 aliphatic carbocycles. The van der Waals surface area contributed by atoms with E-state index in [2.05, 4.69) is 6.92 Å². The van der Waals surface area contributed by atoms with Gasteiger partial charge in [-0.1, -0.05) is 61.2 Å².